The highest BCUT2D eigenvalue weighted by Crippen LogP contribution is 2.25. The van der Waals surface area contributed by atoms with Crippen molar-refractivity contribution in [3.63, 3.8) is 0 Å². The molecule has 108 valence electrons. The van der Waals surface area contributed by atoms with Crippen LogP contribution in [0.2, 0.25) is 4.34 Å². The largest absolute Gasteiger partial charge is 0.354 e. The highest BCUT2D eigenvalue weighted by Gasteiger charge is 2.17. The molecule has 0 aliphatic carbocycles. The van der Waals surface area contributed by atoms with Crippen LogP contribution >= 0.6 is 22.9 Å². The van der Waals surface area contributed by atoms with Crippen LogP contribution in [0.1, 0.15) is 0 Å². The predicted molar refractivity (Wildman–Crippen MR) is 76.1 cm³/mol. The lowest BCUT2D eigenvalue weighted by Crippen LogP contribution is -2.39. The van der Waals surface area contributed by atoms with E-state index in [2.05, 4.69) is 10.0 Å². The maximum atomic E-state index is 11.8. The van der Waals surface area contributed by atoms with Crippen molar-refractivity contribution in [1.29, 1.82) is 0 Å². The minimum atomic E-state index is -3.66. The van der Waals surface area contributed by atoms with Crippen LogP contribution in [-0.2, 0) is 14.8 Å². The molecule has 0 saturated carbocycles. The molecule has 1 aromatic heterocycles. The molecule has 1 amide bonds. The summed E-state index contributed by atoms with van der Waals surface area (Å²) in [4.78, 5) is 13.3. The molecule has 6 nitrogen and oxygen atoms in total. The summed E-state index contributed by atoms with van der Waals surface area (Å²) in [6.07, 6.45) is 0. The van der Waals surface area contributed by atoms with Gasteiger partial charge in [-0.15, -0.1) is 11.3 Å². The quantitative estimate of drug-likeness (QED) is 0.758. The van der Waals surface area contributed by atoms with Crippen molar-refractivity contribution >= 4 is 38.9 Å². The van der Waals surface area contributed by atoms with E-state index in [0.29, 0.717) is 17.4 Å². The molecule has 0 spiro atoms. The van der Waals surface area contributed by atoms with Gasteiger partial charge >= 0.3 is 0 Å². The summed E-state index contributed by atoms with van der Waals surface area (Å²) in [5.41, 5.74) is 0. The number of nitrogens with one attached hydrogen (secondary N) is 2. The van der Waals surface area contributed by atoms with E-state index in [1.165, 1.54) is 12.1 Å². The summed E-state index contributed by atoms with van der Waals surface area (Å²) in [7, 11) is 0.106. The number of carbonyl (C=O) groups is 1. The van der Waals surface area contributed by atoms with Crippen molar-refractivity contribution < 1.29 is 13.2 Å². The Morgan fingerprint density at radius 3 is 2.63 bits per heavy atom. The fourth-order valence-corrected chi connectivity index (χ4v) is 3.66. The third-order valence-corrected chi connectivity index (χ3v) is 5.24. The van der Waals surface area contributed by atoms with Crippen LogP contribution in [0.25, 0.3) is 0 Å². The van der Waals surface area contributed by atoms with Crippen LogP contribution in [-0.4, -0.2) is 53.0 Å². The lowest BCUT2D eigenvalue weighted by atomic mass is 10.5. The Hall–Kier alpha value is -0.670. The molecule has 1 aromatic rings. The molecule has 0 aliphatic heterocycles. The number of amides is 1. The Balaban J connectivity index is 2.41. The minimum absolute atomic E-state index is 0.0959. The number of likely N-dealkylation sites (N-methyl/N-ethyl adjacent to an activating group) is 1. The number of thiophene rings is 1. The molecule has 0 atom stereocenters. The highest BCUT2D eigenvalue weighted by atomic mass is 35.5. The van der Waals surface area contributed by atoms with Crippen LogP contribution in [0.15, 0.2) is 16.3 Å². The standard InChI is InChI=1S/C10H16ClN3O3S2/c1-14(2)6-5-12-9(15)7-13-19(16,17)10-4-3-8(11)18-10/h3-4,13H,5-7H2,1-2H3,(H,12,15). The Labute approximate surface area is 121 Å². The third kappa shape index (κ3) is 5.87. The molecule has 19 heavy (non-hydrogen) atoms. The fraction of sp³-hybridized carbons (Fsp3) is 0.500. The van der Waals surface area contributed by atoms with Gasteiger partial charge in [0.15, 0.2) is 0 Å². The summed E-state index contributed by atoms with van der Waals surface area (Å²) in [6, 6.07) is 2.90. The molecule has 1 rings (SSSR count). The van der Waals surface area contributed by atoms with Crippen molar-refractivity contribution in [2.75, 3.05) is 33.7 Å². The van der Waals surface area contributed by atoms with Crippen molar-refractivity contribution in [3.8, 4) is 0 Å². The second-order valence-corrected chi connectivity index (χ2v) is 7.75. The molecule has 9 heteroatoms. The van der Waals surface area contributed by atoms with E-state index in [4.69, 9.17) is 11.6 Å². The number of carbonyl (C=O) groups excluding carboxylic acids is 1. The molecule has 1 heterocycles. The van der Waals surface area contributed by atoms with E-state index in [0.717, 1.165) is 11.3 Å². The number of rotatable bonds is 7. The molecular formula is C10H16ClN3O3S2. The number of hydrogen-bond acceptors (Lipinski definition) is 5. The highest BCUT2D eigenvalue weighted by molar-refractivity contribution is 7.91. The molecule has 0 unspecified atom stereocenters. The zero-order valence-electron chi connectivity index (χ0n) is 10.6. The zero-order chi connectivity index (χ0) is 14.5. The van der Waals surface area contributed by atoms with Crippen LogP contribution in [0.4, 0.5) is 0 Å². The minimum Gasteiger partial charge on any atom is -0.354 e. The maximum absolute atomic E-state index is 11.8. The maximum Gasteiger partial charge on any atom is 0.250 e. The van der Waals surface area contributed by atoms with Gasteiger partial charge in [-0.05, 0) is 26.2 Å². The number of halogens is 1. The van der Waals surface area contributed by atoms with Crippen LogP contribution in [0.5, 0.6) is 0 Å². The molecule has 0 aliphatic rings. The molecule has 0 radical (unpaired) electrons. The normalized spacial score (nSPS) is 11.8. The summed E-state index contributed by atoms with van der Waals surface area (Å²) in [6.45, 7) is 0.878. The monoisotopic (exact) mass is 325 g/mol. The van der Waals surface area contributed by atoms with Gasteiger partial charge in [0.2, 0.25) is 5.91 Å². The van der Waals surface area contributed by atoms with E-state index in [1.807, 2.05) is 19.0 Å². The predicted octanol–water partition coefficient (Wildman–Crippen LogP) is 0.358. The van der Waals surface area contributed by atoms with Gasteiger partial charge in [-0.25, -0.2) is 13.1 Å². The number of sulfonamides is 1. The average Bonchev–Trinajstić information content (AvgIpc) is 2.74. The van der Waals surface area contributed by atoms with Gasteiger partial charge < -0.3 is 10.2 Å². The average molecular weight is 326 g/mol. The van der Waals surface area contributed by atoms with Crippen LogP contribution in [0.3, 0.4) is 0 Å². The molecule has 0 saturated heterocycles. The molecular weight excluding hydrogens is 310 g/mol. The van der Waals surface area contributed by atoms with E-state index in [1.54, 1.807) is 0 Å². The first-order valence-electron chi connectivity index (χ1n) is 5.47. The first-order chi connectivity index (χ1) is 8.81. The molecule has 0 aromatic carbocycles. The van der Waals surface area contributed by atoms with Gasteiger partial charge in [0.05, 0.1) is 10.9 Å². The lowest BCUT2D eigenvalue weighted by molar-refractivity contribution is -0.119. The summed E-state index contributed by atoms with van der Waals surface area (Å²) in [5.74, 6) is -0.368. The van der Waals surface area contributed by atoms with Gasteiger partial charge in [0.25, 0.3) is 10.0 Å². The van der Waals surface area contributed by atoms with E-state index < -0.39 is 10.0 Å². The smallest absolute Gasteiger partial charge is 0.250 e. The fourth-order valence-electron chi connectivity index (χ4n) is 1.16. The van der Waals surface area contributed by atoms with Gasteiger partial charge in [-0.2, -0.15) is 0 Å². The van der Waals surface area contributed by atoms with E-state index >= 15 is 0 Å². The summed E-state index contributed by atoms with van der Waals surface area (Å²) in [5, 5.41) is 2.61. The number of hydrogen-bond donors (Lipinski definition) is 2. The Morgan fingerprint density at radius 1 is 1.42 bits per heavy atom. The SMILES string of the molecule is CN(C)CCNC(=O)CNS(=O)(=O)c1ccc(Cl)s1. The summed E-state index contributed by atoms with van der Waals surface area (Å²) >= 11 is 6.61. The summed E-state index contributed by atoms with van der Waals surface area (Å²) < 4.78 is 26.3. The van der Waals surface area contributed by atoms with Gasteiger partial charge in [-0.3, -0.25) is 4.79 Å². The third-order valence-electron chi connectivity index (χ3n) is 2.12. The molecule has 0 fully saturated rings. The molecule has 2 N–H and O–H groups in total. The van der Waals surface area contributed by atoms with Gasteiger partial charge in [-0.1, -0.05) is 11.6 Å². The first kappa shape index (κ1) is 16.4. The number of nitrogens with zero attached hydrogens (tertiary/aromatic N) is 1. The topological polar surface area (TPSA) is 78.5 Å². The lowest BCUT2D eigenvalue weighted by Gasteiger charge is -2.10. The van der Waals surface area contributed by atoms with Crippen LogP contribution in [0, 0.1) is 0 Å². The van der Waals surface area contributed by atoms with Crippen molar-refractivity contribution in [2.45, 2.75) is 4.21 Å². The Kier molecular flexibility index (Phi) is 6.21. The zero-order valence-corrected chi connectivity index (χ0v) is 13.0. The van der Waals surface area contributed by atoms with Crippen molar-refractivity contribution in [1.82, 2.24) is 14.9 Å². The van der Waals surface area contributed by atoms with E-state index in [9.17, 15) is 13.2 Å². The van der Waals surface area contributed by atoms with Gasteiger partial charge in [0.1, 0.15) is 4.21 Å². The van der Waals surface area contributed by atoms with E-state index in [-0.39, 0.29) is 16.7 Å². The van der Waals surface area contributed by atoms with Crippen LogP contribution < -0.4 is 10.0 Å². The second kappa shape index (κ2) is 7.20. The van der Waals surface area contributed by atoms with Crippen molar-refractivity contribution in [2.24, 2.45) is 0 Å². The first-order valence-corrected chi connectivity index (χ1v) is 8.15. The Morgan fingerprint density at radius 2 is 2.11 bits per heavy atom. The molecule has 0 bridgehead atoms. The Bertz CT molecular complexity index is 528. The van der Waals surface area contributed by atoms with Gasteiger partial charge in [0, 0.05) is 13.1 Å². The second-order valence-electron chi connectivity index (χ2n) is 4.04. The van der Waals surface area contributed by atoms with Crippen molar-refractivity contribution in [3.05, 3.63) is 16.5 Å².